The van der Waals surface area contributed by atoms with E-state index in [1.165, 1.54) is 12.1 Å². The van der Waals surface area contributed by atoms with Crippen molar-refractivity contribution in [1.29, 1.82) is 0 Å². The number of ether oxygens (including phenoxy) is 3. The van der Waals surface area contributed by atoms with Crippen LogP contribution < -0.4 is 14.8 Å². The largest absolute Gasteiger partial charge is 0.482 e. The van der Waals surface area contributed by atoms with Gasteiger partial charge >= 0.3 is 12.6 Å². The van der Waals surface area contributed by atoms with Gasteiger partial charge in [-0.25, -0.2) is 4.79 Å². The molecule has 0 unspecified atom stereocenters. The summed E-state index contributed by atoms with van der Waals surface area (Å²) in [5.41, 5.74) is 2.00. The first kappa shape index (κ1) is 22.1. The van der Waals surface area contributed by atoms with Gasteiger partial charge in [-0.15, -0.1) is 0 Å². The van der Waals surface area contributed by atoms with Crippen LogP contribution in [0, 0.1) is 0 Å². The Morgan fingerprint density at radius 1 is 0.931 bits per heavy atom. The van der Waals surface area contributed by atoms with E-state index in [9.17, 15) is 18.4 Å². The maximum Gasteiger partial charge on any atom is 0.387 e. The first-order valence-corrected chi connectivity index (χ1v) is 9.14. The van der Waals surface area contributed by atoms with Gasteiger partial charge in [-0.05, 0) is 48.2 Å². The standard InChI is InChI=1S/C21H23F2NO5/c1-2-15-3-7-17(8-4-15)27-14-20(26)28-13-19(25)24-12-11-16-5-9-18(10-6-16)29-21(22)23/h3-10,21H,2,11-14H2,1H3,(H,24,25). The van der Waals surface area contributed by atoms with E-state index >= 15 is 0 Å². The van der Waals surface area contributed by atoms with E-state index in [0.29, 0.717) is 18.7 Å². The molecule has 0 bridgehead atoms. The number of halogens is 2. The van der Waals surface area contributed by atoms with Crippen LogP contribution in [-0.2, 0) is 27.2 Å². The van der Waals surface area contributed by atoms with Crippen LogP contribution in [0.1, 0.15) is 18.1 Å². The first-order valence-electron chi connectivity index (χ1n) is 9.14. The maximum atomic E-state index is 12.1. The molecule has 0 aliphatic heterocycles. The Morgan fingerprint density at radius 3 is 2.17 bits per heavy atom. The molecule has 156 valence electrons. The van der Waals surface area contributed by atoms with E-state index in [0.717, 1.165) is 17.5 Å². The van der Waals surface area contributed by atoms with Crippen LogP contribution in [0.15, 0.2) is 48.5 Å². The predicted octanol–water partition coefficient (Wildman–Crippen LogP) is 3.13. The molecule has 0 atom stereocenters. The van der Waals surface area contributed by atoms with Gasteiger partial charge in [0.2, 0.25) is 0 Å². The Bertz CT molecular complexity index is 779. The molecule has 8 heteroatoms. The molecule has 0 heterocycles. The van der Waals surface area contributed by atoms with E-state index in [-0.39, 0.29) is 12.4 Å². The molecule has 0 aromatic heterocycles. The van der Waals surface area contributed by atoms with Crippen LogP contribution in [0.3, 0.4) is 0 Å². The molecular formula is C21H23F2NO5. The number of hydrogen-bond acceptors (Lipinski definition) is 5. The molecule has 0 aliphatic carbocycles. The van der Waals surface area contributed by atoms with Crippen molar-refractivity contribution in [3.8, 4) is 11.5 Å². The van der Waals surface area contributed by atoms with Crippen LogP contribution in [0.2, 0.25) is 0 Å². The van der Waals surface area contributed by atoms with Crippen molar-refractivity contribution in [2.75, 3.05) is 19.8 Å². The molecule has 0 saturated carbocycles. The van der Waals surface area contributed by atoms with E-state index in [1.807, 2.05) is 19.1 Å². The van der Waals surface area contributed by atoms with Gasteiger partial charge in [0.1, 0.15) is 11.5 Å². The molecule has 0 radical (unpaired) electrons. The van der Waals surface area contributed by atoms with Crippen molar-refractivity contribution in [2.24, 2.45) is 0 Å². The first-order chi connectivity index (χ1) is 14.0. The number of esters is 1. The van der Waals surface area contributed by atoms with Gasteiger partial charge in [-0.3, -0.25) is 4.79 Å². The highest BCUT2D eigenvalue weighted by atomic mass is 19.3. The minimum Gasteiger partial charge on any atom is -0.482 e. The quantitative estimate of drug-likeness (QED) is 0.580. The molecule has 0 spiro atoms. The molecule has 1 amide bonds. The highest BCUT2D eigenvalue weighted by Crippen LogP contribution is 2.15. The molecule has 29 heavy (non-hydrogen) atoms. The second-order valence-electron chi connectivity index (χ2n) is 6.07. The summed E-state index contributed by atoms with van der Waals surface area (Å²) in [6, 6.07) is 13.5. The lowest BCUT2D eigenvalue weighted by molar-refractivity contribution is -0.150. The average molecular weight is 407 g/mol. The molecule has 6 nitrogen and oxygen atoms in total. The Kier molecular flexibility index (Phi) is 8.88. The minimum absolute atomic E-state index is 0.0724. The average Bonchev–Trinajstić information content (AvgIpc) is 2.72. The van der Waals surface area contributed by atoms with Gasteiger partial charge in [0.05, 0.1) is 0 Å². The van der Waals surface area contributed by atoms with Gasteiger partial charge in [0, 0.05) is 6.54 Å². The molecule has 2 aromatic carbocycles. The number of carbonyl (C=O) groups excluding carboxylic acids is 2. The van der Waals surface area contributed by atoms with Crippen molar-refractivity contribution in [1.82, 2.24) is 5.32 Å². The Labute approximate surface area is 167 Å². The SMILES string of the molecule is CCc1ccc(OCC(=O)OCC(=O)NCCc2ccc(OC(F)F)cc2)cc1. The maximum absolute atomic E-state index is 12.1. The number of hydrogen-bond donors (Lipinski definition) is 1. The summed E-state index contributed by atoms with van der Waals surface area (Å²) in [7, 11) is 0. The number of carbonyl (C=O) groups is 2. The molecule has 2 aromatic rings. The second-order valence-corrected chi connectivity index (χ2v) is 6.07. The number of benzene rings is 2. The molecule has 0 fully saturated rings. The Morgan fingerprint density at radius 2 is 1.55 bits per heavy atom. The van der Waals surface area contributed by atoms with Crippen LogP contribution in [0.25, 0.3) is 0 Å². The predicted molar refractivity (Wildman–Crippen MR) is 102 cm³/mol. The van der Waals surface area contributed by atoms with Crippen molar-refractivity contribution in [2.45, 2.75) is 26.4 Å². The van der Waals surface area contributed by atoms with Crippen LogP contribution in [0.4, 0.5) is 8.78 Å². The summed E-state index contributed by atoms with van der Waals surface area (Å²) in [6.07, 6.45) is 1.40. The summed E-state index contributed by atoms with van der Waals surface area (Å²) >= 11 is 0. The Balaban J connectivity index is 1.60. The molecule has 0 aliphatic rings. The fraction of sp³-hybridized carbons (Fsp3) is 0.333. The lowest BCUT2D eigenvalue weighted by Crippen LogP contribution is -2.31. The number of amides is 1. The number of aryl methyl sites for hydroxylation is 1. The third-order valence-corrected chi connectivity index (χ3v) is 3.94. The zero-order valence-corrected chi connectivity index (χ0v) is 16.0. The van der Waals surface area contributed by atoms with Gasteiger partial charge < -0.3 is 19.5 Å². The van der Waals surface area contributed by atoms with Gasteiger partial charge in [0.25, 0.3) is 5.91 Å². The monoisotopic (exact) mass is 407 g/mol. The molecule has 1 N–H and O–H groups in total. The Hall–Kier alpha value is -3.16. The van der Waals surface area contributed by atoms with Crippen LogP contribution >= 0.6 is 0 Å². The second kappa shape index (κ2) is 11.6. The highest BCUT2D eigenvalue weighted by Gasteiger charge is 2.09. The lowest BCUT2D eigenvalue weighted by Gasteiger charge is -2.09. The zero-order valence-electron chi connectivity index (χ0n) is 16.0. The van der Waals surface area contributed by atoms with Crippen molar-refractivity contribution >= 4 is 11.9 Å². The van der Waals surface area contributed by atoms with Gasteiger partial charge in [0.15, 0.2) is 13.2 Å². The van der Waals surface area contributed by atoms with Crippen molar-refractivity contribution in [3.63, 3.8) is 0 Å². The third kappa shape index (κ3) is 8.59. The fourth-order valence-electron chi connectivity index (χ4n) is 2.39. The molecule has 0 saturated heterocycles. The summed E-state index contributed by atoms with van der Waals surface area (Å²) in [4.78, 5) is 23.4. The van der Waals surface area contributed by atoms with E-state index in [4.69, 9.17) is 9.47 Å². The van der Waals surface area contributed by atoms with E-state index in [1.54, 1.807) is 24.3 Å². The minimum atomic E-state index is -2.87. The summed E-state index contributed by atoms with van der Waals surface area (Å²) in [5, 5.41) is 2.61. The van der Waals surface area contributed by atoms with Crippen LogP contribution in [-0.4, -0.2) is 38.2 Å². The molecule has 2 rings (SSSR count). The number of nitrogens with one attached hydrogen (secondary N) is 1. The number of alkyl halides is 2. The topological polar surface area (TPSA) is 73.9 Å². The van der Waals surface area contributed by atoms with Crippen LogP contribution in [0.5, 0.6) is 11.5 Å². The smallest absolute Gasteiger partial charge is 0.387 e. The number of rotatable bonds is 11. The summed E-state index contributed by atoms with van der Waals surface area (Å²) in [6.45, 7) is -1.20. The lowest BCUT2D eigenvalue weighted by atomic mass is 10.1. The van der Waals surface area contributed by atoms with E-state index < -0.39 is 25.1 Å². The van der Waals surface area contributed by atoms with Crippen molar-refractivity contribution < 1.29 is 32.6 Å². The third-order valence-electron chi connectivity index (χ3n) is 3.94. The summed E-state index contributed by atoms with van der Waals surface area (Å²) < 4.78 is 38.6. The van der Waals surface area contributed by atoms with E-state index in [2.05, 4.69) is 10.1 Å². The summed E-state index contributed by atoms with van der Waals surface area (Å²) in [5.74, 6) is -0.463. The van der Waals surface area contributed by atoms with Crippen molar-refractivity contribution in [3.05, 3.63) is 59.7 Å². The van der Waals surface area contributed by atoms with Gasteiger partial charge in [-0.1, -0.05) is 31.2 Å². The van der Waals surface area contributed by atoms with Gasteiger partial charge in [-0.2, -0.15) is 8.78 Å². The zero-order chi connectivity index (χ0) is 21.1. The fourth-order valence-corrected chi connectivity index (χ4v) is 2.39. The normalized spacial score (nSPS) is 10.5. The molecular weight excluding hydrogens is 384 g/mol. The highest BCUT2D eigenvalue weighted by molar-refractivity contribution is 5.80.